The quantitative estimate of drug-likeness (QED) is 0.229. The molecular formula is C40H52N4O2. The molecule has 3 heterocycles. The van der Waals surface area contributed by atoms with E-state index in [0.717, 1.165) is 62.5 Å². The van der Waals surface area contributed by atoms with Crippen molar-refractivity contribution in [2.45, 2.75) is 57.9 Å². The molecule has 3 fully saturated rings. The second kappa shape index (κ2) is 15.9. The van der Waals surface area contributed by atoms with E-state index in [-0.39, 0.29) is 11.8 Å². The lowest BCUT2D eigenvalue weighted by atomic mass is 9.88. The van der Waals surface area contributed by atoms with Crippen molar-refractivity contribution in [2.75, 3.05) is 64.8 Å². The Morgan fingerprint density at radius 2 is 1.39 bits per heavy atom. The van der Waals surface area contributed by atoms with Crippen LogP contribution in [0.5, 0.6) is 5.75 Å². The molecule has 3 aromatic carbocycles. The highest BCUT2D eigenvalue weighted by molar-refractivity contribution is 5.99. The molecule has 244 valence electrons. The molecule has 6 rings (SSSR count). The Kier molecular flexibility index (Phi) is 11.2. The predicted octanol–water partition coefficient (Wildman–Crippen LogP) is 7.28. The molecule has 3 saturated heterocycles. The zero-order chi connectivity index (χ0) is 31.7. The lowest BCUT2D eigenvalue weighted by Crippen LogP contribution is -2.48. The highest BCUT2D eigenvalue weighted by Gasteiger charge is 2.30. The van der Waals surface area contributed by atoms with E-state index < -0.39 is 0 Å². The van der Waals surface area contributed by atoms with Crippen molar-refractivity contribution in [1.82, 2.24) is 14.7 Å². The van der Waals surface area contributed by atoms with Crippen LogP contribution in [0.4, 0.5) is 5.69 Å². The number of hydrogen-bond donors (Lipinski definition) is 1. The van der Waals surface area contributed by atoms with Crippen molar-refractivity contribution in [2.24, 2.45) is 5.92 Å². The SMILES string of the molecule is CC/C(=C(/c1ccc(NC(=O)C2CCN(C3CCN(C)CC3)CC2)cc1)c1ccc(OCCN2CCCC2)cc1)c1ccccc1. The van der Waals surface area contributed by atoms with Crippen LogP contribution in [0.2, 0.25) is 0 Å². The van der Waals surface area contributed by atoms with Crippen LogP contribution in [0.1, 0.15) is 68.6 Å². The first-order valence-electron chi connectivity index (χ1n) is 17.7. The standard InChI is InChI=1S/C40H52N4O2/c1-3-38(31-9-5-4-6-10-31)39(33-13-17-37(18-14-33)46-30-29-43-23-7-8-24-43)32-11-15-35(16-12-32)41-40(45)34-19-27-44(28-20-34)36-21-25-42(2)26-22-36/h4-6,9-18,34,36H,3,7-8,19-30H2,1-2H3,(H,41,45)/b39-38+. The summed E-state index contributed by atoms with van der Waals surface area (Å²) in [5.41, 5.74) is 6.93. The smallest absolute Gasteiger partial charge is 0.227 e. The number of carbonyl (C=O) groups excluding carboxylic acids is 1. The van der Waals surface area contributed by atoms with E-state index in [1.165, 1.54) is 74.1 Å². The molecule has 0 saturated carbocycles. The van der Waals surface area contributed by atoms with E-state index in [1.54, 1.807) is 0 Å². The number of carbonyl (C=O) groups is 1. The number of nitrogens with zero attached hydrogens (tertiary/aromatic N) is 3. The van der Waals surface area contributed by atoms with Crippen LogP contribution in [0.3, 0.4) is 0 Å². The molecule has 6 heteroatoms. The van der Waals surface area contributed by atoms with Crippen molar-refractivity contribution in [3.05, 3.63) is 95.6 Å². The molecule has 1 N–H and O–H groups in total. The van der Waals surface area contributed by atoms with Crippen LogP contribution in [-0.2, 0) is 4.79 Å². The molecule has 0 radical (unpaired) electrons. The lowest BCUT2D eigenvalue weighted by Gasteiger charge is -2.40. The van der Waals surface area contributed by atoms with E-state index in [4.69, 9.17) is 4.74 Å². The van der Waals surface area contributed by atoms with Gasteiger partial charge >= 0.3 is 0 Å². The average molecular weight is 621 g/mol. The molecule has 3 aromatic rings. The maximum absolute atomic E-state index is 13.3. The summed E-state index contributed by atoms with van der Waals surface area (Å²) in [6, 6.07) is 28.4. The molecule has 0 atom stereocenters. The molecule has 0 aliphatic carbocycles. The Bertz CT molecular complexity index is 1410. The maximum atomic E-state index is 13.3. The highest BCUT2D eigenvalue weighted by atomic mass is 16.5. The fourth-order valence-corrected chi connectivity index (χ4v) is 7.55. The monoisotopic (exact) mass is 620 g/mol. The predicted molar refractivity (Wildman–Crippen MR) is 190 cm³/mol. The molecule has 0 bridgehead atoms. The summed E-state index contributed by atoms with van der Waals surface area (Å²) >= 11 is 0. The van der Waals surface area contributed by atoms with Crippen LogP contribution >= 0.6 is 0 Å². The number of likely N-dealkylation sites (tertiary alicyclic amines) is 3. The Morgan fingerprint density at radius 1 is 0.761 bits per heavy atom. The third kappa shape index (κ3) is 8.28. The summed E-state index contributed by atoms with van der Waals surface area (Å²) in [5.74, 6) is 1.15. The first-order chi connectivity index (χ1) is 22.6. The van der Waals surface area contributed by atoms with Gasteiger partial charge in [-0.3, -0.25) is 9.69 Å². The van der Waals surface area contributed by atoms with Gasteiger partial charge in [-0.05, 0) is 143 Å². The fraction of sp³-hybridized carbons (Fsp3) is 0.475. The van der Waals surface area contributed by atoms with Gasteiger partial charge in [0.2, 0.25) is 5.91 Å². The molecular weight excluding hydrogens is 568 g/mol. The number of benzene rings is 3. The van der Waals surface area contributed by atoms with Gasteiger partial charge in [-0.25, -0.2) is 0 Å². The van der Waals surface area contributed by atoms with Gasteiger partial charge in [0.25, 0.3) is 0 Å². The normalized spacial score (nSPS) is 19.6. The third-order valence-electron chi connectivity index (χ3n) is 10.3. The van der Waals surface area contributed by atoms with Crippen LogP contribution < -0.4 is 10.1 Å². The van der Waals surface area contributed by atoms with Crippen LogP contribution in [0, 0.1) is 5.92 Å². The topological polar surface area (TPSA) is 48.1 Å². The Balaban J connectivity index is 1.13. The summed E-state index contributed by atoms with van der Waals surface area (Å²) < 4.78 is 6.12. The minimum Gasteiger partial charge on any atom is -0.492 e. The van der Waals surface area contributed by atoms with E-state index in [1.807, 2.05) is 0 Å². The maximum Gasteiger partial charge on any atom is 0.227 e. The van der Waals surface area contributed by atoms with Gasteiger partial charge in [-0.1, -0.05) is 61.5 Å². The second-order valence-corrected chi connectivity index (χ2v) is 13.4. The molecule has 0 unspecified atom stereocenters. The number of amides is 1. The minimum absolute atomic E-state index is 0.0820. The Hall–Kier alpha value is -3.45. The zero-order valence-electron chi connectivity index (χ0n) is 27.9. The van der Waals surface area contributed by atoms with Gasteiger partial charge in [0.15, 0.2) is 0 Å². The van der Waals surface area contributed by atoms with E-state index in [9.17, 15) is 4.79 Å². The van der Waals surface area contributed by atoms with E-state index >= 15 is 0 Å². The molecule has 0 aromatic heterocycles. The zero-order valence-corrected chi connectivity index (χ0v) is 27.9. The van der Waals surface area contributed by atoms with E-state index in [0.29, 0.717) is 6.04 Å². The molecule has 3 aliphatic rings. The number of hydrogen-bond acceptors (Lipinski definition) is 5. The van der Waals surface area contributed by atoms with Crippen molar-refractivity contribution in [3.63, 3.8) is 0 Å². The van der Waals surface area contributed by atoms with E-state index in [2.05, 4.69) is 113 Å². The van der Waals surface area contributed by atoms with Crippen LogP contribution in [0.15, 0.2) is 78.9 Å². The average Bonchev–Trinajstić information content (AvgIpc) is 3.63. The summed E-state index contributed by atoms with van der Waals surface area (Å²) in [6.07, 6.45) is 7.89. The van der Waals surface area contributed by atoms with Gasteiger partial charge in [-0.15, -0.1) is 0 Å². The Morgan fingerprint density at radius 3 is 2.02 bits per heavy atom. The minimum atomic E-state index is 0.0820. The summed E-state index contributed by atoms with van der Waals surface area (Å²) in [5, 5.41) is 3.24. The number of ether oxygens (including phenoxy) is 1. The highest BCUT2D eigenvalue weighted by Crippen LogP contribution is 2.36. The number of anilines is 1. The lowest BCUT2D eigenvalue weighted by molar-refractivity contribution is -0.121. The summed E-state index contributed by atoms with van der Waals surface area (Å²) in [6.45, 7) is 10.7. The molecule has 3 aliphatic heterocycles. The van der Waals surface area contributed by atoms with Crippen molar-refractivity contribution >= 4 is 22.7 Å². The van der Waals surface area contributed by atoms with Crippen molar-refractivity contribution in [1.29, 1.82) is 0 Å². The Labute approximate surface area is 276 Å². The van der Waals surface area contributed by atoms with Crippen LogP contribution in [-0.4, -0.2) is 86.1 Å². The van der Waals surface area contributed by atoms with Crippen molar-refractivity contribution in [3.8, 4) is 5.75 Å². The van der Waals surface area contributed by atoms with Crippen LogP contribution in [0.25, 0.3) is 11.1 Å². The third-order valence-corrected chi connectivity index (χ3v) is 10.3. The van der Waals surface area contributed by atoms with Gasteiger partial charge in [0, 0.05) is 24.2 Å². The van der Waals surface area contributed by atoms with Crippen molar-refractivity contribution < 1.29 is 9.53 Å². The van der Waals surface area contributed by atoms with Gasteiger partial charge in [0.1, 0.15) is 12.4 Å². The molecule has 6 nitrogen and oxygen atoms in total. The number of allylic oxidation sites excluding steroid dienone is 1. The summed E-state index contributed by atoms with van der Waals surface area (Å²) in [4.78, 5) is 20.8. The van der Waals surface area contributed by atoms with Gasteiger partial charge < -0.3 is 19.9 Å². The first-order valence-corrected chi connectivity index (χ1v) is 17.7. The molecule has 1 amide bonds. The molecule has 0 spiro atoms. The second-order valence-electron chi connectivity index (χ2n) is 13.4. The number of nitrogens with one attached hydrogen (secondary N) is 1. The van der Waals surface area contributed by atoms with Gasteiger partial charge in [0.05, 0.1) is 0 Å². The largest absolute Gasteiger partial charge is 0.492 e. The first kappa shape index (κ1) is 32.5. The summed E-state index contributed by atoms with van der Waals surface area (Å²) in [7, 11) is 2.21. The number of piperidine rings is 2. The van der Waals surface area contributed by atoms with Gasteiger partial charge in [-0.2, -0.15) is 0 Å². The molecule has 46 heavy (non-hydrogen) atoms. The number of rotatable bonds is 11. The fourth-order valence-electron chi connectivity index (χ4n) is 7.55.